The van der Waals surface area contributed by atoms with Crippen LogP contribution in [0.4, 0.5) is 13.2 Å². The lowest BCUT2D eigenvalue weighted by Gasteiger charge is -2.31. The zero-order valence-electron chi connectivity index (χ0n) is 16.3. The summed E-state index contributed by atoms with van der Waals surface area (Å²) in [5.74, 6) is -0.435. The third-order valence-electron chi connectivity index (χ3n) is 5.12. The van der Waals surface area contributed by atoms with Gasteiger partial charge in [0, 0.05) is 18.7 Å². The number of aryl methyl sites for hydroxylation is 2. The number of nitrogens with zero attached hydrogens (tertiary/aromatic N) is 1. The van der Waals surface area contributed by atoms with Gasteiger partial charge in [0.25, 0.3) is 5.91 Å². The van der Waals surface area contributed by atoms with Crippen molar-refractivity contribution in [3.63, 3.8) is 0 Å². The van der Waals surface area contributed by atoms with Gasteiger partial charge in [-0.3, -0.25) is 9.59 Å². The van der Waals surface area contributed by atoms with E-state index in [2.05, 4.69) is 0 Å². The molecule has 0 unspecified atom stereocenters. The Kier molecular flexibility index (Phi) is 5.96. The second-order valence-electron chi connectivity index (χ2n) is 7.33. The van der Waals surface area contributed by atoms with Crippen LogP contribution >= 0.6 is 0 Å². The van der Waals surface area contributed by atoms with Crippen molar-refractivity contribution in [2.24, 2.45) is 5.92 Å². The lowest BCUT2D eigenvalue weighted by atomic mass is 9.96. The number of piperidine rings is 1. The quantitative estimate of drug-likeness (QED) is 0.545. The van der Waals surface area contributed by atoms with Gasteiger partial charge >= 0.3 is 12.1 Å². The van der Waals surface area contributed by atoms with Crippen LogP contribution in [-0.2, 0) is 11.0 Å². The average Bonchev–Trinajstić information content (AvgIpc) is 2.69. The fourth-order valence-electron chi connectivity index (χ4n) is 3.41. The molecule has 29 heavy (non-hydrogen) atoms. The second kappa shape index (κ2) is 8.27. The van der Waals surface area contributed by atoms with Crippen LogP contribution in [0.3, 0.4) is 0 Å². The third kappa shape index (κ3) is 4.96. The molecule has 0 radical (unpaired) electrons. The number of benzene rings is 2. The first-order valence-corrected chi connectivity index (χ1v) is 9.40. The fraction of sp³-hybridized carbons (Fsp3) is 0.364. The highest BCUT2D eigenvalue weighted by Gasteiger charge is 2.32. The van der Waals surface area contributed by atoms with Crippen LogP contribution in [0.1, 0.15) is 39.9 Å². The van der Waals surface area contributed by atoms with E-state index in [-0.39, 0.29) is 23.4 Å². The van der Waals surface area contributed by atoms with Crippen LogP contribution in [0.25, 0.3) is 0 Å². The molecule has 1 fully saturated rings. The van der Waals surface area contributed by atoms with Crippen LogP contribution in [-0.4, -0.2) is 29.9 Å². The molecule has 0 aliphatic carbocycles. The molecule has 1 aliphatic rings. The summed E-state index contributed by atoms with van der Waals surface area (Å²) in [6.07, 6.45) is -3.53. The lowest BCUT2D eigenvalue weighted by Crippen LogP contribution is -2.41. The van der Waals surface area contributed by atoms with Crippen LogP contribution in [0, 0.1) is 19.8 Å². The van der Waals surface area contributed by atoms with Crippen molar-refractivity contribution in [2.45, 2.75) is 32.9 Å². The zero-order valence-corrected chi connectivity index (χ0v) is 16.3. The summed E-state index contributed by atoms with van der Waals surface area (Å²) in [6, 6.07) is 9.76. The van der Waals surface area contributed by atoms with Crippen LogP contribution < -0.4 is 4.74 Å². The summed E-state index contributed by atoms with van der Waals surface area (Å²) in [5.41, 5.74) is 1.38. The maximum atomic E-state index is 12.7. The second-order valence-corrected chi connectivity index (χ2v) is 7.33. The minimum atomic E-state index is -4.43. The summed E-state index contributed by atoms with van der Waals surface area (Å²) >= 11 is 0. The van der Waals surface area contributed by atoms with Gasteiger partial charge in [-0.1, -0.05) is 17.7 Å². The normalized spacial score (nSPS) is 15.3. The Hall–Kier alpha value is -2.83. The first kappa shape index (κ1) is 20.9. The number of likely N-dealkylation sites (tertiary alicyclic amines) is 1. The van der Waals surface area contributed by atoms with Gasteiger partial charge in [0.1, 0.15) is 5.75 Å². The molecule has 2 aromatic carbocycles. The van der Waals surface area contributed by atoms with E-state index in [9.17, 15) is 22.8 Å². The number of hydrogen-bond acceptors (Lipinski definition) is 3. The number of ether oxygens (including phenoxy) is 1. The summed E-state index contributed by atoms with van der Waals surface area (Å²) in [7, 11) is 0. The molecule has 0 spiro atoms. The predicted molar refractivity (Wildman–Crippen MR) is 102 cm³/mol. The largest absolute Gasteiger partial charge is 0.426 e. The van der Waals surface area contributed by atoms with E-state index in [1.165, 1.54) is 12.1 Å². The van der Waals surface area contributed by atoms with Crippen molar-refractivity contribution in [1.29, 1.82) is 0 Å². The number of esters is 1. The maximum Gasteiger partial charge on any atom is 0.416 e. The molecule has 0 atom stereocenters. The summed E-state index contributed by atoms with van der Waals surface area (Å²) in [4.78, 5) is 26.5. The maximum absolute atomic E-state index is 12.7. The topological polar surface area (TPSA) is 46.6 Å². The van der Waals surface area contributed by atoms with Gasteiger partial charge in [-0.15, -0.1) is 0 Å². The molecule has 1 heterocycles. The highest BCUT2D eigenvalue weighted by molar-refractivity contribution is 5.94. The molecule has 2 aromatic rings. The molecule has 1 saturated heterocycles. The highest BCUT2D eigenvalue weighted by atomic mass is 19.4. The first-order chi connectivity index (χ1) is 13.6. The van der Waals surface area contributed by atoms with Gasteiger partial charge < -0.3 is 9.64 Å². The monoisotopic (exact) mass is 405 g/mol. The number of rotatable bonds is 3. The van der Waals surface area contributed by atoms with E-state index in [1.54, 1.807) is 11.0 Å². The lowest BCUT2D eigenvalue weighted by molar-refractivity contribution is -0.140. The van der Waals surface area contributed by atoms with Crippen molar-refractivity contribution in [3.8, 4) is 5.75 Å². The summed E-state index contributed by atoms with van der Waals surface area (Å²) in [6.45, 7) is 4.54. The first-order valence-electron chi connectivity index (χ1n) is 9.40. The summed E-state index contributed by atoms with van der Waals surface area (Å²) < 4.78 is 43.5. The number of carbonyl (C=O) groups is 2. The van der Waals surface area contributed by atoms with Gasteiger partial charge in [-0.05, 0) is 62.6 Å². The Labute approximate surface area is 167 Å². The standard InChI is InChI=1S/C22H22F3NO3/c1-14-3-8-19(15(2)13-14)29-21(28)17-9-11-26(12-10-17)20(27)16-4-6-18(7-5-16)22(23,24)25/h3-8,13,17H,9-12H2,1-2H3. The van der Waals surface area contributed by atoms with Crippen molar-refractivity contribution < 1.29 is 27.5 Å². The predicted octanol–water partition coefficient (Wildman–Crippen LogP) is 4.78. The Morgan fingerprint density at radius 2 is 1.62 bits per heavy atom. The summed E-state index contributed by atoms with van der Waals surface area (Å²) in [5, 5.41) is 0. The molecule has 1 amide bonds. The van der Waals surface area contributed by atoms with E-state index >= 15 is 0 Å². The Bertz CT molecular complexity index is 899. The van der Waals surface area contributed by atoms with E-state index < -0.39 is 11.7 Å². The molecule has 3 rings (SSSR count). The fourth-order valence-corrected chi connectivity index (χ4v) is 3.41. The molecule has 4 nitrogen and oxygen atoms in total. The zero-order chi connectivity index (χ0) is 21.2. The third-order valence-corrected chi connectivity index (χ3v) is 5.12. The highest BCUT2D eigenvalue weighted by Crippen LogP contribution is 2.29. The minimum Gasteiger partial charge on any atom is -0.426 e. The number of amides is 1. The van der Waals surface area contributed by atoms with Crippen LogP contribution in [0.15, 0.2) is 42.5 Å². The van der Waals surface area contributed by atoms with Gasteiger partial charge in [-0.2, -0.15) is 13.2 Å². The number of hydrogen-bond donors (Lipinski definition) is 0. The minimum absolute atomic E-state index is 0.203. The number of carbonyl (C=O) groups excluding carboxylic acids is 2. The van der Waals surface area contributed by atoms with Crippen molar-refractivity contribution in [3.05, 3.63) is 64.7 Å². The van der Waals surface area contributed by atoms with Crippen LogP contribution in [0.5, 0.6) is 5.75 Å². The van der Waals surface area contributed by atoms with E-state index in [1.807, 2.05) is 26.0 Å². The Balaban J connectivity index is 1.57. The molecule has 1 aliphatic heterocycles. The number of alkyl halides is 3. The Morgan fingerprint density at radius 1 is 1.00 bits per heavy atom. The SMILES string of the molecule is Cc1ccc(OC(=O)C2CCN(C(=O)c3ccc(C(F)(F)F)cc3)CC2)c(C)c1. The molecular weight excluding hydrogens is 383 g/mol. The number of halogens is 3. The molecule has 0 N–H and O–H groups in total. The van der Waals surface area contributed by atoms with Gasteiger partial charge in [0.2, 0.25) is 0 Å². The van der Waals surface area contributed by atoms with E-state index in [0.717, 1.165) is 23.3 Å². The Morgan fingerprint density at radius 3 is 2.17 bits per heavy atom. The van der Waals surface area contributed by atoms with Crippen molar-refractivity contribution in [1.82, 2.24) is 4.90 Å². The van der Waals surface area contributed by atoms with Gasteiger partial charge in [-0.25, -0.2) is 0 Å². The van der Waals surface area contributed by atoms with Gasteiger partial charge in [0.15, 0.2) is 0 Å². The molecule has 0 saturated carbocycles. The van der Waals surface area contributed by atoms with E-state index in [4.69, 9.17) is 4.74 Å². The smallest absolute Gasteiger partial charge is 0.416 e. The molecule has 7 heteroatoms. The molecular formula is C22H22F3NO3. The average molecular weight is 405 g/mol. The van der Waals surface area contributed by atoms with Crippen molar-refractivity contribution in [2.75, 3.05) is 13.1 Å². The van der Waals surface area contributed by atoms with Crippen LogP contribution in [0.2, 0.25) is 0 Å². The molecule has 0 aromatic heterocycles. The van der Waals surface area contributed by atoms with E-state index in [0.29, 0.717) is 31.7 Å². The molecule has 0 bridgehead atoms. The van der Waals surface area contributed by atoms with Gasteiger partial charge in [0.05, 0.1) is 11.5 Å². The molecule has 154 valence electrons. The van der Waals surface area contributed by atoms with Crippen molar-refractivity contribution >= 4 is 11.9 Å².